The van der Waals surface area contributed by atoms with Gasteiger partial charge in [-0.2, -0.15) is 0 Å². The topological polar surface area (TPSA) is 43.1 Å². The Labute approximate surface area is 89.2 Å². The fourth-order valence-corrected chi connectivity index (χ4v) is 1.78. The van der Waals surface area contributed by atoms with Crippen molar-refractivity contribution in [1.29, 1.82) is 0 Å². The lowest BCUT2D eigenvalue weighted by atomic mass is 10.1. The zero-order valence-electron chi connectivity index (χ0n) is 6.40. The van der Waals surface area contributed by atoms with Crippen LogP contribution >= 0.6 is 34.2 Å². The van der Waals surface area contributed by atoms with Crippen molar-refractivity contribution in [3.63, 3.8) is 0 Å². The Bertz CT molecular complexity index is 338. The van der Waals surface area contributed by atoms with Gasteiger partial charge >= 0.3 is 0 Å². The van der Waals surface area contributed by atoms with Crippen LogP contribution in [-0.4, -0.2) is 5.78 Å². The van der Waals surface area contributed by atoms with Crippen LogP contribution < -0.4 is 5.73 Å². The smallest absolute Gasteiger partial charge is 0.161 e. The molecular weight excluding hydrogens is 288 g/mol. The normalized spacial score (nSPS) is 9.92. The number of nitrogen functional groups attached to an aromatic ring is 1. The molecule has 12 heavy (non-hydrogen) atoms. The Kier molecular flexibility index (Phi) is 2.95. The predicted molar refractivity (Wildman–Crippen MR) is 58.6 cm³/mol. The van der Waals surface area contributed by atoms with E-state index in [1.165, 1.54) is 6.92 Å². The fourth-order valence-electron chi connectivity index (χ4n) is 0.836. The largest absolute Gasteiger partial charge is 0.398 e. The molecule has 1 aromatic rings. The van der Waals surface area contributed by atoms with Crippen LogP contribution in [0.4, 0.5) is 5.69 Å². The number of benzene rings is 1. The Morgan fingerprint density at radius 3 is 2.67 bits per heavy atom. The summed E-state index contributed by atoms with van der Waals surface area (Å²) in [6.45, 7) is 1.47. The summed E-state index contributed by atoms with van der Waals surface area (Å²) in [5.41, 5.74) is 6.68. The summed E-state index contributed by atoms with van der Waals surface area (Å²) in [5.74, 6) is -0.0666. The van der Waals surface area contributed by atoms with Crippen molar-refractivity contribution in [1.82, 2.24) is 0 Å². The predicted octanol–water partition coefficient (Wildman–Crippen LogP) is 2.73. The average Bonchev–Trinajstić information content (AvgIpc) is 1.96. The Morgan fingerprint density at radius 2 is 2.17 bits per heavy atom. The number of anilines is 1. The van der Waals surface area contributed by atoms with Crippen LogP contribution in [0.1, 0.15) is 17.3 Å². The van der Waals surface area contributed by atoms with Crippen LogP contribution in [0.15, 0.2) is 12.1 Å². The van der Waals surface area contributed by atoms with Gasteiger partial charge in [0.25, 0.3) is 0 Å². The van der Waals surface area contributed by atoms with Gasteiger partial charge in [-0.25, -0.2) is 0 Å². The van der Waals surface area contributed by atoms with Crippen LogP contribution in [0.2, 0.25) is 5.02 Å². The highest BCUT2D eigenvalue weighted by Gasteiger charge is 2.07. The summed E-state index contributed by atoms with van der Waals surface area (Å²) in [6.07, 6.45) is 0. The van der Waals surface area contributed by atoms with Crippen LogP contribution in [0.25, 0.3) is 0 Å². The number of hydrogen-bond donors (Lipinski definition) is 1. The highest BCUT2D eigenvalue weighted by molar-refractivity contribution is 14.1. The molecule has 0 heterocycles. The number of carbonyl (C=O) groups excluding carboxylic acids is 1. The minimum atomic E-state index is -0.0666. The lowest BCUT2D eigenvalue weighted by Gasteiger charge is -2.03. The first-order valence-electron chi connectivity index (χ1n) is 3.28. The van der Waals surface area contributed by atoms with Gasteiger partial charge in [-0.1, -0.05) is 11.6 Å². The molecule has 0 saturated heterocycles. The summed E-state index contributed by atoms with van der Waals surface area (Å²) in [6, 6.07) is 3.29. The maximum Gasteiger partial charge on any atom is 0.161 e. The minimum absolute atomic E-state index is 0.0666. The molecule has 0 aromatic heterocycles. The maximum atomic E-state index is 11.0. The van der Waals surface area contributed by atoms with Crippen molar-refractivity contribution in [2.45, 2.75) is 6.92 Å². The van der Waals surface area contributed by atoms with E-state index in [4.69, 9.17) is 17.3 Å². The summed E-state index contributed by atoms with van der Waals surface area (Å²) < 4.78 is 0.864. The molecule has 64 valence electrons. The fraction of sp³-hybridized carbons (Fsp3) is 0.125. The molecule has 4 heteroatoms. The van der Waals surface area contributed by atoms with E-state index in [1.54, 1.807) is 12.1 Å². The number of hydrogen-bond acceptors (Lipinski definition) is 2. The molecule has 1 aromatic carbocycles. The molecule has 0 fully saturated rings. The summed E-state index contributed by atoms with van der Waals surface area (Å²) in [5, 5.41) is 0.459. The molecule has 0 saturated carbocycles. The second-order valence-corrected chi connectivity index (χ2v) is 3.98. The van der Waals surface area contributed by atoms with Gasteiger partial charge in [0, 0.05) is 14.8 Å². The zero-order valence-corrected chi connectivity index (χ0v) is 9.31. The van der Waals surface area contributed by atoms with E-state index in [1.807, 2.05) is 0 Å². The molecule has 0 spiro atoms. The monoisotopic (exact) mass is 295 g/mol. The molecule has 2 N–H and O–H groups in total. The van der Waals surface area contributed by atoms with Crippen LogP contribution in [0.3, 0.4) is 0 Å². The van der Waals surface area contributed by atoms with Crippen molar-refractivity contribution in [2.24, 2.45) is 0 Å². The third-order valence-electron chi connectivity index (χ3n) is 1.47. The summed E-state index contributed by atoms with van der Waals surface area (Å²) in [7, 11) is 0. The van der Waals surface area contributed by atoms with E-state index >= 15 is 0 Å². The minimum Gasteiger partial charge on any atom is -0.398 e. The lowest BCUT2D eigenvalue weighted by Crippen LogP contribution is -1.97. The number of nitrogens with two attached hydrogens (primary N) is 1. The van der Waals surface area contributed by atoms with Gasteiger partial charge in [0.05, 0.1) is 5.02 Å². The third-order valence-corrected chi connectivity index (χ3v) is 2.71. The van der Waals surface area contributed by atoms with E-state index < -0.39 is 0 Å². The molecule has 0 unspecified atom stereocenters. The van der Waals surface area contributed by atoms with Crippen molar-refractivity contribution >= 4 is 45.7 Å². The molecule has 1 rings (SSSR count). The van der Waals surface area contributed by atoms with E-state index in [-0.39, 0.29) is 5.78 Å². The summed E-state index contributed by atoms with van der Waals surface area (Å²) in [4.78, 5) is 11.0. The lowest BCUT2D eigenvalue weighted by molar-refractivity contribution is 0.101. The van der Waals surface area contributed by atoms with Crippen molar-refractivity contribution in [3.8, 4) is 0 Å². The summed E-state index contributed by atoms with van der Waals surface area (Å²) >= 11 is 7.88. The molecule has 0 aliphatic heterocycles. The number of carbonyl (C=O) groups is 1. The Morgan fingerprint density at radius 1 is 1.58 bits per heavy atom. The standard InChI is InChI=1S/C8H7ClINO/c1-4(12)5-2-8(11)7(10)3-6(5)9/h2-3H,11H2,1H3. The van der Waals surface area contributed by atoms with Crippen LogP contribution in [-0.2, 0) is 0 Å². The zero-order chi connectivity index (χ0) is 9.30. The van der Waals surface area contributed by atoms with Crippen LogP contribution in [0.5, 0.6) is 0 Å². The van der Waals surface area contributed by atoms with Gasteiger partial charge in [0.2, 0.25) is 0 Å². The third kappa shape index (κ3) is 1.90. The quantitative estimate of drug-likeness (QED) is 0.492. The van der Waals surface area contributed by atoms with Crippen molar-refractivity contribution in [2.75, 3.05) is 5.73 Å². The molecule has 0 aliphatic rings. The molecular formula is C8H7ClINO. The second-order valence-electron chi connectivity index (χ2n) is 2.41. The second kappa shape index (κ2) is 3.62. The highest BCUT2D eigenvalue weighted by atomic mass is 127. The van der Waals surface area contributed by atoms with Gasteiger partial charge in [0.1, 0.15) is 0 Å². The molecule has 0 aliphatic carbocycles. The molecule has 0 atom stereocenters. The molecule has 2 nitrogen and oxygen atoms in total. The maximum absolute atomic E-state index is 11.0. The van der Waals surface area contributed by atoms with E-state index in [9.17, 15) is 4.79 Å². The van der Waals surface area contributed by atoms with Crippen molar-refractivity contribution in [3.05, 3.63) is 26.3 Å². The van der Waals surface area contributed by atoms with Gasteiger partial charge in [-0.3, -0.25) is 4.79 Å². The van der Waals surface area contributed by atoms with Gasteiger partial charge in [-0.05, 0) is 41.6 Å². The number of Topliss-reactive ketones (excluding diaryl/α,β-unsaturated/α-hetero) is 1. The Balaban J connectivity index is 3.33. The number of rotatable bonds is 1. The van der Waals surface area contributed by atoms with E-state index in [0.29, 0.717) is 16.3 Å². The SMILES string of the molecule is CC(=O)c1cc(N)c(I)cc1Cl. The van der Waals surface area contributed by atoms with Gasteiger partial charge < -0.3 is 5.73 Å². The first kappa shape index (κ1) is 9.80. The molecule has 0 radical (unpaired) electrons. The van der Waals surface area contributed by atoms with E-state index in [0.717, 1.165) is 3.57 Å². The molecule has 0 amide bonds. The van der Waals surface area contributed by atoms with Gasteiger partial charge in [0.15, 0.2) is 5.78 Å². The molecule has 0 bridgehead atoms. The highest BCUT2D eigenvalue weighted by Crippen LogP contribution is 2.24. The first-order chi connectivity index (χ1) is 5.52. The number of halogens is 2. The van der Waals surface area contributed by atoms with E-state index in [2.05, 4.69) is 22.6 Å². The Hall–Kier alpha value is -0.290. The average molecular weight is 296 g/mol. The van der Waals surface area contributed by atoms with Crippen molar-refractivity contribution < 1.29 is 4.79 Å². The number of ketones is 1. The van der Waals surface area contributed by atoms with Gasteiger partial charge in [-0.15, -0.1) is 0 Å². The van der Waals surface area contributed by atoms with Crippen LogP contribution in [0, 0.1) is 3.57 Å². The first-order valence-corrected chi connectivity index (χ1v) is 4.73.